The van der Waals surface area contributed by atoms with E-state index >= 15 is 0 Å². The number of benzene rings is 1. The van der Waals surface area contributed by atoms with Gasteiger partial charge in [0.05, 0.1) is 0 Å². The molecule has 0 fully saturated rings. The first-order chi connectivity index (χ1) is 9.74. The topological polar surface area (TPSA) is 43.3 Å². The normalized spacial score (nSPS) is 10.2. The number of amides is 1. The van der Waals surface area contributed by atoms with Gasteiger partial charge in [0, 0.05) is 25.5 Å². The molecule has 1 aromatic heterocycles. The van der Waals surface area contributed by atoms with Crippen LogP contribution in [-0.4, -0.2) is 23.6 Å². The summed E-state index contributed by atoms with van der Waals surface area (Å²) in [4.78, 5) is 11.6. The number of carbonyl (C=O) groups excluding carboxylic acids is 1. The Labute approximate surface area is 119 Å². The van der Waals surface area contributed by atoms with E-state index in [2.05, 4.69) is 9.88 Å². The molecule has 1 aromatic carbocycles. The monoisotopic (exact) mass is 272 g/mol. The van der Waals surface area contributed by atoms with Gasteiger partial charge in [-0.2, -0.15) is 0 Å². The third kappa shape index (κ3) is 4.80. The van der Waals surface area contributed by atoms with E-state index in [1.54, 1.807) is 0 Å². The number of nitrogens with one attached hydrogen (secondary N) is 1. The summed E-state index contributed by atoms with van der Waals surface area (Å²) in [5, 5.41) is 2.85. The van der Waals surface area contributed by atoms with Crippen LogP contribution in [0.3, 0.4) is 0 Å². The first kappa shape index (κ1) is 14.2. The standard InChI is InChI=1S/C16H20N2O2/c1-14-5-7-15(8-6-14)20-13-16(19)17-9-4-12-18-10-2-3-11-18/h2-3,5-8,10-11H,4,9,12-13H2,1H3,(H,17,19). The Balaban J connectivity index is 1.59. The average Bonchev–Trinajstić information content (AvgIpc) is 2.96. The summed E-state index contributed by atoms with van der Waals surface area (Å²) in [6.07, 6.45) is 4.94. The molecule has 2 aromatic rings. The van der Waals surface area contributed by atoms with E-state index in [0.29, 0.717) is 6.54 Å². The minimum atomic E-state index is -0.0851. The van der Waals surface area contributed by atoms with Crippen LogP contribution in [-0.2, 0) is 11.3 Å². The minimum Gasteiger partial charge on any atom is -0.484 e. The maximum absolute atomic E-state index is 11.6. The highest BCUT2D eigenvalue weighted by Crippen LogP contribution is 2.10. The zero-order valence-corrected chi connectivity index (χ0v) is 11.7. The number of rotatable bonds is 7. The Hall–Kier alpha value is -2.23. The number of hydrogen-bond donors (Lipinski definition) is 1. The van der Waals surface area contributed by atoms with Crippen LogP contribution in [0.1, 0.15) is 12.0 Å². The number of carbonyl (C=O) groups is 1. The van der Waals surface area contributed by atoms with Gasteiger partial charge in [0.2, 0.25) is 0 Å². The predicted octanol–water partition coefficient (Wildman–Crippen LogP) is 2.38. The van der Waals surface area contributed by atoms with Gasteiger partial charge >= 0.3 is 0 Å². The molecule has 106 valence electrons. The molecule has 0 atom stereocenters. The van der Waals surface area contributed by atoms with Crippen molar-refractivity contribution in [2.45, 2.75) is 19.9 Å². The summed E-state index contributed by atoms with van der Waals surface area (Å²) in [5.41, 5.74) is 1.17. The highest BCUT2D eigenvalue weighted by molar-refractivity contribution is 5.77. The van der Waals surface area contributed by atoms with Crippen molar-refractivity contribution in [2.24, 2.45) is 0 Å². The average molecular weight is 272 g/mol. The summed E-state index contributed by atoms with van der Waals surface area (Å²) >= 11 is 0. The maximum Gasteiger partial charge on any atom is 0.257 e. The van der Waals surface area contributed by atoms with Gasteiger partial charge < -0.3 is 14.6 Å². The molecule has 0 radical (unpaired) electrons. The number of aryl methyl sites for hydroxylation is 2. The fourth-order valence-electron chi connectivity index (χ4n) is 1.84. The first-order valence-corrected chi connectivity index (χ1v) is 6.81. The van der Waals surface area contributed by atoms with E-state index in [0.717, 1.165) is 18.7 Å². The molecule has 0 aliphatic heterocycles. The predicted molar refractivity (Wildman–Crippen MR) is 78.7 cm³/mol. The molecule has 0 spiro atoms. The molecule has 1 amide bonds. The Morgan fingerprint density at radius 3 is 2.60 bits per heavy atom. The van der Waals surface area contributed by atoms with Gasteiger partial charge in [-0.15, -0.1) is 0 Å². The van der Waals surface area contributed by atoms with Crippen molar-refractivity contribution in [1.82, 2.24) is 9.88 Å². The summed E-state index contributed by atoms with van der Waals surface area (Å²) in [6, 6.07) is 11.7. The Kier molecular flexibility index (Phi) is 5.24. The van der Waals surface area contributed by atoms with Crippen LogP contribution in [0.15, 0.2) is 48.8 Å². The van der Waals surface area contributed by atoms with Crippen LogP contribution in [0.25, 0.3) is 0 Å². The Morgan fingerprint density at radius 1 is 1.20 bits per heavy atom. The van der Waals surface area contributed by atoms with Crippen molar-refractivity contribution < 1.29 is 9.53 Å². The lowest BCUT2D eigenvalue weighted by Crippen LogP contribution is -2.30. The molecule has 4 heteroatoms. The molecule has 0 saturated heterocycles. The van der Waals surface area contributed by atoms with E-state index in [9.17, 15) is 4.79 Å². The highest BCUT2D eigenvalue weighted by Gasteiger charge is 2.02. The molecule has 0 saturated carbocycles. The second kappa shape index (κ2) is 7.38. The summed E-state index contributed by atoms with van der Waals surface area (Å²) in [6.45, 7) is 3.65. The van der Waals surface area contributed by atoms with Gasteiger partial charge in [-0.1, -0.05) is 17.7 Å². The van der Waals surface area contributed by atoms with Crippen LogP contribution in [0.4, 0.5) is 0 Å². The van der Waals surface area contributed by atoms with Gasteiger partial charge in [-0.05, 0) is 37.6 Å². The van der Waals surface area contributed by atoms with Crippen molar-refractivity contribution in [3.63, 3.8) is 0 Å². The lowest BCUT2D eigenvalue weighted by molar-refractivity contribution is -0.123. The van der Waals surface area contributed by atoms with Crippen molar-refractivity contribution in [3.8, 4) is 5.75 Å². The van der Waals surface area contributed by atoms with Crippen molar-refractivity contribution >= 4 is 5.91 Å². The SMILES string of the molecule is Cc1ccc(OCC(=O)NCCCn2cccc2)cc1. The fraction of sp³-hybridized carbons (Fsp3) is 0.312. The summed E-state index contributed by atoms with van der Waals surface area (Å²) < 4.78 is 7.50. The van der Waals surface area contributed by atoms with Gasteiger partial charge in [-0.3, -0.25) is 4.79 Å². The molecule has 1 heterocycles. The zero-order valence-electron chi connectivity index (χ0n) is 11.7. The number of aromatic nitrogens is 1. The third-order valence-corrected chi connectivity index (χ3v) is 2.97. The third-order valence-electron chi connectivity index (χ3n) is 2.97. The van der Waals surface area contributed by atoms with Crippen LogP contribution >= 0.6 is 0 Å². The molecular weight excluding hydrogens is 252 g/mol. The van der Waals surface area contributed by atoms with E-state index in [-0.39, 0.29) is 12.5 Å². The van der Waals surface area contributed by atoms with Crippen molar-refractivity contribution in [3.05, 3.63) is 54.4 Å². The van der Waals surface area contributed by atoms with Gasteiger partial charge in [-0.25, -0.2) is 0 Å². The van der Waals surface area contributed by atoms with E-state index < -0.39 is 0 Å². The quantitative estimate of drug-likeness (QED) is 0.786. The molecule has 2 rings (SSSR count). The number of ether oxygens (including phenoxy) is 1. The molecule has 20 heavy (non-hydrogen) atoms. The lowest BCUT2D eigenvalue weighted by Gasteiger charge is -2.08. The molecule has 1 N–H and O–H groups in total. The van der Waals surface area contributed by atoms with Gasteiger partial charge in [0.25, 0.3) is 5.91 Å². The van der Waals surface area contributed by atoms with E-state index in [1.807, 2.05) is 55.7 Å². The second-order valence-corrected chi connectivity index (χ2v) is 4.73. The molecule has 0 unspecified atom stereocenters. The molecule has 0 aliphatic carbocycles. The Bertz CT molecular complexity index is 518. The van der Waals surface area contributed by atoms with Gasteiger partial charge in [0.15, 0.2) is 6.61 Å². The number of hydrogen-bond acceptors (Lipinski definition) is 2. The smallest absolute Gasteiger partial charge is 0.257 e. The van der Waals surface area contributed by atoms with Crippen LogP contribution in [0.2, 0.25) is 0 Å². The van der Waals surface area contributed by atoms with Crippen molar-refractivity contribution in [2.75, 3.05) is 13.2 Å². The van der Waals surface area contributed by atoms with Crippen molar-refractivity contribution in [1.29, 1.82) is 0 Å². The highest BCUT2D eigenvalue weighted by atomic mass is 16.5. The minimum absolute atomic E-state index is 0.0621. The lowest BCUT2D eigenvalue weighted by atomic mass is 10.2. The van der Waals surface area contributed by atoms with E-state index in [4.69, 9.17) is 4.74 Å². The Morgan fingerprint density at radius 2 is 1.90 bits per heavy atom. The fourth-order valence-corrected chi connectivity index (χ4v) is 1.84. The second-order valence-electron chi connectivity index (χ2n) is 4.73. The van der Waals surface area contributed by atoms with Crippen LogP contribution in [0.5, 0.6) is 5.75 Å². The molecule has 0 bridgehead atoms. The number of nitrogens with zero attached hydrogens (tertiary/aromatic N) is 1. The summed E-state index contributed by atoms with van der Waals surface area (Å²) in [5.74, 6) is 0.635. The molecule has 0 aliphatic rings. The molecular formula is C16H20N2O2. The van der Waals surface area contributed by atoms with Crippen LogP contribution in [0, 0.1) is 6.92 Å². The molecule has 4 nitrogen and oxygen atoms in total. The first-order valence-electron chi connectivity index (χ1n) is 6.81. The van der Waals surface area contributed by atoms with E-state index in [1.165, 1.54) is 5.56 Å². The maximum atomic E-state index is 11.6. The van der Waals surface area contributed by atoms with Gasteiger partial charge in [0.1, 0.15) is 5.75 Å². The summed E-state index contributed by atoms with van der Waals surface area (Å²) in [7, 11) is 0. The van der Waals surface area contributed by atoms with Crippen LogP contribution < -0.4 is 10.1 Å². The zero-order chi connectivity index (χ0) is 14.2. The largest absolute Gasteiger partial charge is 0.484 e.